The first-order chi connectivity index (χ1) is 7.20. The summed E-state index contributed by atoms with van der Waals surface area (Å²) >= 11 is 0.890. The van der Waals surface area contributed by atoms with Crippen molar-refractivity contribution >= 4 is 29.3 Å². The minimum atomic E-state index is -0.742. The largest absolute Gasteiger partial charge is 0.616 e. The molecule has 0 bridgehead atoms. The van der Waals surface area contributed by atoms with Crippen LogP contribution < -0.4 is 10.6 Å². The zero-order valence-corrected chi connectivity index (χ0v) is 10.1. The van der Waals surface area contributed by atoms with Crippen molar-refractivity contribution in [2.75, 3.05) is 6.26 Å². The topological polar surface area (TPSA) is 64.2 Å². The number of allylic oxidation sites excluding steroid dienone is 2. The third-order valence-corrected chi connectivity index (χ3v) is 5.25. The Labute approximate surface area is 96.4 Å². The minimum Gasteiger partial charge on any atom is -0.616 e. The molecule has 2 N–H and O–H groups in total. The van der Waals surface area contributed by atoms with E-state index >= 15 is 0 Å². The lowest BCUT2D eigenvalue weighted by Crippen LogP contribution is -2.35. The molecule has 1 aliphatic carbocycles. The van der Waals surface area contributed by atoms with Gasteiger partial charge in [-0.1, -0.05) is 22.9 Å². The first-order valence-electron chi connectivity index (χ1n) is 4.88. The van der Waals surface area contributed by atoms with Crippen LogP contribution in [0.4, 0.5) is 0 Å². The number of carbonyl (C=O) groups is 1. The van der Waals surface area contributed by atoms with E-state index in [1.165, 1.54) is 10.6 Å². The van der Waals surface area contributed by atoms with Crippen LogP contribution in [0.5, 0.6) is 0 Å². The second-order valence-corrected chi connectivity index (χ2v) is 6.56. The van der Waals surface area contributed by atoms with Crippen molar-refractivity contribution in [3.63, 3.8) is 0 Å². The van der Waals surface area contributed by atoms with Crippen molar-refractivity contribution in [2.45, 2.75) is 30.0 Å². The molecule has 0 radical (unpaired) electrons. The van der Waals surface area contributed by atoms with E-state index in [9.17, 15) is 9.35 Å². The smallest absolute Gasteiger partial charge is 0.209 e. The van der Waals surface area contributed by atoms with Gasteiger partial charge in [0, 0.05) is 23.4 Å². The monoisotopic (exact) mass is 246 g/mol. The van der Waals surface area contributed by atoms with Gasteiger partial charge in [-0.3, -0.25) is 4.79 Å². The van der Waals surface area contributed by atoms with Crippen molar-refractivity contribution in [1.82, 2.24) is 10.6 Å². The molecule has 15 heavy (non-hydrogen) atoms. The summed E-state index contributed by atoms with van der Waals surface area (Å²) in [4.78, 5) is 11.6. The molecule has 1 amide bonds. The minimum absolute atomic E-state index is 0.0310. The first-order valence-corrected chi connectivity index (χ1v) is 7.38. The fourth-order valence-corrected chi connectivity index (χ4v) is 4.07. The molecule has 0 fully saturated rings. The number of carbonyl (C=O) groups excluding carboxylic acids is 1. The predicted octanol–water partition coefficient (Wildman–Crippen LogP) is 0.495. The second kappa shape index (κ2) is 4.67. The van der Waals surface area contributed by atoms with E-state index in [-0.39, 0.29) is 10.7 Å². The third kappa shape index (κ3) is 2.43. The standard InChI is InChI=1S/C9H14N2O2S2/c1-15(13)6-2-3-7-8(4-6)14-9(11-7)10-5-12/h5-6,9,11H,2-4H2,1H3,(H,10,12)/t6-,9+,15?/m1/s1. The highest BCUT2D eigenvalue weighted by Gasteiger charge is 2.33. The Morgan fingerprint density at radius 2 is 2.53 bits per heavy atom. The molecule has 0 saturated carbocycles. The molecule has 2 aliphatic rings. The van der Waals surface area contributed by atoms with Gasteiger partial charge < -0.3 is 15.2 Å². The van der Waals surface area contributed by atoms with E-state index in [4.69, 9.17) is 0 Å². The summed E-state index contributed by atoms with van der Waals surface area (Å²) in [7, 11) is 0. The maximum Gasteiger partial charge on any atom is 0.209 e. The maximum atomic E-state index is 11.4. The molecule has 0 spiro atoms. The van der Waals surface area contributed by atoms with Gasteiger partial charge in [-0.2, -0.15) is 0 Å². The van der Waals surface area contributed by atoms with Gasteiger partial charge in [0.25, 0.3) is 0 Å². The van der Waals surface area contributed by atoms with Crippen molar-refractivity contribution in [2.24, 2.45) is 0 Å². The average Bonchev–Trinajstić information content (AvgIpc) is 2.59. The molecular weight excluding hydrogens is 232 g/mol. The molecule has 1 heterocycles. The predicted molar refractivity (Wildman–Crippen MR) is 62.4 cm³/mol. The lowest BCUT2D eigenvalue weighted by atomic mass is 10.0. The molecule has 0 aromatic rings. The van der Waals surface area contributed by atoms with Crippen LogP contribution in [0.2, 0.25) is 0 Å². The van der Waals surface area contributed by atoms with Gasteiger partial charge in [0.1, 0.15) is 5.25 Å². The molecule has 3 atom stereocenters. The molecule has 0 saturated heterocycles. The number of rotatable bonds is 3. The fraction of sp³-hybridized carbons (Fsp3) is 0.667. The van der Waals surface area contributed by atoms with E-state index < -0.39 is 11.2 Å². The van der Waals surface area contributed by atoms with Crippen molar-refractivity contribution in [3.8, 4) is 0 Å². The maximum absolute atomic E-state index is 11.4. The Kier molecular flexibility index (Phi) is 3.48. The zero-order valence-electron chi connectivity index (χ0n) is 8.49. The van der Waals surface area contributed by atoms with Gasteiger partial charge in [-0.05, 0) is 6.42 Å². The fourth-order valence-electron chi connectivity index (χ4n) is 1.90. The van der Waals surface area contributed by atoms with Crippen LogP contribution in [0.3, 0.4) is 0 Å². The van der Waals surface area contributed by atoms with Gasteiger partial charge in [0.15, 0.2) is 5.50 Å². The third-order valence-electron chi connectivity index (χ3n) is 2.72. The first kappa shape index (κ1) is 11.2. The van der Waals surface area contributed by atoms with E-state index in [1.54, 1.807) is 18.0 Å². The van der Waals surface area contributed by atoms with E-state index in [1.807, 2.05) is 0 Å². The second-order valence-electron chi connectivity index (χ2n) is 3.69. The quantitative estimate of drug-likeness (QED) is 0.562. The Morgan fingerprint density at radius 1 is 1.73 bits per heavy atom. The molecule has 0 aromatic carbocycles. The van der Waals surface area contributed by atoms with Crippen molar-refractivity contribution in [1.29, 1.82) is 0 Å². The van der Waals surface area contributed by atoms with Gasteiger partial charge in [-0.15, -0.1) is 0 Å². The lowest BCUT2D eigenvalue weighted by Gasteiger charge is -2.23. The molecule has 2 rings (SSSR count). The summed E-state index contributed by atoms with van der Waals surface area (Å²) in [6, 6.07) is 0. The number of thioether (sulfide) groups is 1. The number of amides is 1. The number of hydrogen-bond acceptors (Lipinski definition) is 4. The van der Waals surface area contributed by atoms with Gasteiger partial charge >= 0.3 is 0 Å². The van der Waals surface area contributed by atoms with Crippen LogP contribution in [0.15, 0.2) is 10.6 Å². The Bertz CT molecular complexity index is 294. The van der Waals surface area contributed by atoms with Crippen LogP contribution in [0, 0.1) is 0 Å². The summed E-state index contributed by atoms with van der Waals surface area (Å²) in [5.74, 6) is 0. The van der Waals surface area contributed by atoms with Crippen LogP contribution in [0.1, 0.15) is 19.3 Å². The summed E-state index contributed by atoms with van der Waals surface area (Å²) in [5, 5.41) is 6.24. The van der Waals surface area contributed by atoms with Crippen molar-refractivity contribution < 1.29 is 9.35 Å². The van der Waals surface area contributed by atoms with E-state index in [0.717, 1.165) is 19.3 Å². The summed E-state index contributed by atoms with van der Waals surface area (Å²) in [6.45, 7) is 0. The van der Waals surface area contributed by atoms with Gasteiger partial charge in [0.05, 0.1) is 6.26 Å². The summed E-state index contributed by atoms with van der Waals surface area (Å²) in [6.07, 6.45) is 5.28. The normalized spacial score (nSPS) is 31.9. The van der Waals surface area contributed by atoms with Gasteiger partial charge in [-0.25, -0.2) is 0 Å². The number of nitrogens with one attached hydrogen (secondary N) is 2. The average molecular weight is 246 g/mol. The highest BCUT2D eigenvalue weighted by atomic mass is 32.2. The highest BCUT2D eigenvalue weighted by molar-refractivity contribution is 8.03. The van der Waals surface area contributed by atoms with Crippen LogP contribution in [-0.2, 0) is 16.0 Å². The molecule has 0 aromatic heterocycles. The Hall–Kier alpha value is -0.330. The molecular formula is C9H14N2O2S2. The highest BCUT2D eigenvalue weighted by Crippen LogP contribution is 2.40. The molecule has 1 unspecified atom stereocenters. The molecule has 6 heteroatoms. The van der Waals surface area contributed by atoms with E-state index in [0.29, 0.717) is 6.41 Å². The SMILES string of the molecule is C[S+]([O-])[C@@H]1CCC2=C(C1)S[C@@H](NC=O)N2. The van der Waals surface area contributed by atoms with Crippen LogP contribution in [0.25, 0.3) is 0 Å². The zero-order chi connectivity index (χ0) is 10.8. The summed E-state index contributed by atoms with van der Waals surface area (Å²) in [5.41, 5.74) is 1.19. The molecule has 1 aliphatic heterocycles. The van der Waals surface area contributed by atoms with Crippen LogP contribution >= 0.6 is 11.8 Å². The molecule has 84 valence electrons. The van der Waals surface area contributed by atoms with E-state index in [2.05, 4.69) is 10.6 Å². The lowest BCUT2D eigenvalue weighted by molar-refractivity contribution is -0.109. The Morgan fingerprint density at radius 3 is 3.20 bits per heavy atom. The molecule has 4 nitrogen and oxygen atoms in total. The van der Waals surface area contributed by atoms with Crippen molar-refractivity contribution in [3.05, 3.63) is 10.6 Å². The Balaban J connectivity index is 1.96. The van der Waals surface area contributed by atoms with Crippen LogP contribution in [-0.4, -0.2) is 28.0 Å². The summed E-state index contributed by atoms with van der Waals surface area (Å²) < 4.78 is 11.4. The van der Waals surface area contributed by atoms with Gasteiger partial charge in [0.2, 0.25) is 6.41 Å². The number of hydrogen-bond donors (Lipinski definition) is 2.